The average Bonchev–Trinajstić information content (AvgIpc) is 2.75. The van der Waals surface area contributed by atoms with E-state index in [1.165, 1.54) is 24.2 Å². The van der Waals surface area contributed by atoms with Gasteiger partial charge in [0.1, 0.15) is 0 Å². The molecule has 2 nitrogen and oxygen atoms in total. The second-order valence-electron chi connectivity index (χ2n) is 4.86. The first kappa shape index (κ1) is 13.1. The molecule has 0 bridgehead atoms. The molecular formula is C13H18ClNOS. The van der Waals surface area contributed by atoms with Crippen molar-refractivity contribution in [1.29, 1.82) is 0 Å². The molecule has 1 aliphatic rings. The number of likely N-dealkylation sites (tertiary alicyclic amines) is 1. The Morgan fingerprint density at radius 1 is 1.47 bits per heavy atom. The minimum absolute atomic E-state index is 0.0165. The zero-order valence-electron chi connectivity index (χ0n) is 10.3. The van der Waals surface area contributed by atoms with E-state index >= 15 is 0 Å². The van der Waals surface area contributed by atoms with E-state index in [1.54, 1.807) is 6.07 Å². The van der Waals surface area contributed by atoms with Gasteiger partial charge in [0.2, 0.25) is 0 Å². The third-order valence-corrected chi connectivity index (χ3v) is 4.81. The smallest absolute Gasteiger partial charge is 0.189 e. The van der Waals surface area contributed by atoms with Crippen molar-refractivity contribution >= 4 is 28.7 Å². The van der Waals surface area contributed by atoms with Crippen LogP contribution < -0.4 is 0 Å². The highest BCUT2D eigenvalue weighted by Crippen LogP contribution is 2.25. The topological polar surface area (TPSA) is 20.3 Å². The number of rotatable bonds is 3. The van der Waals surface area contributed by atoms with Gasteiger partial charge >= 0.3 is 0 Å². The van der Waals surface area contributed by atoms with Gasteiger partial charge in [0.05, 0.1) is 15.3 Å². The highest BCUT2D eigenvalue weighted by molar-refractivity contribution is 7.18. The standard InChI is InChI=1S/C13H18ClNOS/c1-9-5-7-15(8-6-9)10(2)13(16)11-3-4-12(14)17-11/h3-4,9-10H,5-8H2,1-2H3. The molecule has 1 atom stereocenters. The van der Waals surface area contributed by atoms with Crippen LogP contribution in [0, 0.1) is 5.92 Å². The van der Waals surface area contributed by atoms with E-state index in [9.17, 15) is 4.79 Å². The van der Waals surface area contributed by atoms with Crippen molar-refractivity contribution in [2.24, 2.45) is 5.92 Å². The second kappa shape index (κ2) is 5.51. The number of nitrogens with zero attached hydrogens (tertiary/aromatic N) is 1. The Balaban J connectivity index is 2.00. The van der Waals surface area contributed by atoms with Crippen LogP contribution in [0.4, 0.5) is 0 Å². The Morgan fingerprint density at radius 2 is 2.12 bits per heavy atom. The molecule has 1 unspecified atom stereocenters. The lowest BCUT2D eigenvalue weighted by Gasteiger charge is -2.33. The Kier molecular flexibility index (Phi) is 4.23. The van der Waals surface area contributed by atoms with Gasteiger partial charge in [-0.05, 0) is 50.9 Å². The van der Waals surface area contributed by atoms with Crippen molar-refractivity contribution in [3.8, 4) is 0 Å². The minimum Gasteiger partial charge on any atom is -0.293 e. The zero-order chi connectivity index (χ0) is 12.4. The number of hydrogen-bond donors (Lipinski definition) is 0. The van der Waals surface area contributed by atoms with Gasteiger partial charge < -0.3 is 0 Å². The lowest BCUT2D eigenvalue weighted by Crippen LogP contribution is -2.43. The average molecular weight is 272 g/mol. The number of Topliss-reactive ketones (excluding diaryl/α,β-unsaturated/α-hetero) is 1. The third kappa shape index (κ3) is 3.09. The van der Waals surface area contributed by atoms with Crippen LogP contribution in [0.2, 0.25) is 4.34 Å². The molecule has 2 rings (SSSR count). The molecule has 17 heavy (non-hydrogen) atoms. The minimum atomic E-state index is -0.0165. The molecule has 2 heterocycles. The maximum absolute atomic E-state index is 12.2. The highest BCUT2D eigenvalue weighted by Gasteiger charge is 2.26. The monoisotopic (exact) mass is 271 g/mol. The third-order valence-electron chi connectivity index (χ3n) is 3.56. The number of halogens is 1. The van der Waals surface area contributed by atoms with Gasteiger partial charge in [0, 0.05) is 0 Å². The maximum Gasteiger partial charge on any atom is 0.189 e. The van der Waals surface area contributed by atoms with Crippen molar-refractivity contribution in [2.75, 3.05) is 13.1 Å². The first-order chi connectivity index (χ1) is 8.08. The van der Waals surface area contributed by atoms with Crippen molar-refractivity contribution in [3.05, 3.63) is 21.3 Å². The Hall–Kier alpha value is -0.380. The molecule has 0 N–H and O–H groups in total. The van der Waals surface area contributed by atoms with Crippen LogP contribution in [-0.4, -0.2) is 29.8 Å². The van der Waals surface area contributed by atoms with Crippen LogP contribution in [0.1, 0.15) is 36.4 Å². The molecule has 1 aliphatic heterocycles. The number of thiophene rings is 1. The van der Waals surface area contributed by atoms with E-state index in [-0.39, 0.29) is 11.8 Å². The fraction of sp³-hybridized carbons (Fsp3) is 0.615. The SMILES string of the molecule is CC1CCN(C(C)C(=O)c2ccc(Cl)s2)CC1. The van der Waals surface area contributed by atoms with Gasteiger partial charge in [-0.2, -0.15) is 0 Å². The van der Waals surface area contributed by atoms with Crippen LogP contribution in [0.3, 0.4) is 0 Å². The lowest BCUT2D eigenvalue weighted by molar-refractivity contribution is 0.0783. The number of carbonyl (C=O) groups is 1. The summed E-state index contributed by atoms with van der Waals surface area (Å²) in [6.45, 7) is 6.36. The van der Waals surface area contributed by atoms with E-state index in [0.29, 0.717) is 4.34 Å². The molecule has 0 amide bonds. The summed E-state index contributed by atoms with van der Waals surface area (Å²) >= 11 is 7.24. The van der Waals surface area contributed by atoms with Gasteiger partial charge in [-0.1, -0.05) is 18.5 Å². The Morgan fingerprint density at radius 3 is 2.65 bits per heavy atom. The Labute approximate surface area is 112 Å². The van der Waals surface area contributed by atoms with E-state index in [1.807, 2.05) is 13.0 Å². The van der Waals surface area contributed by atoms with Crippen LogP contribution in [0.5, 0.6) is 0 Å². The largest absolute Gasteiger partial charge is 0.293 e. The Bertz CT molecular complexity index is 396. The van der Waals surface area contributed by atoms with Crippen LogP contribution in [-0.2, 0) is 0 Å². The molecule has 1 aromatic rings. The summed E-state index contributed by atoms with van der Waals surface area (Å²) in [5.74, 6) is 1.00. The number of ketones is 1. The molecule has 0 aliphatic carbocycles. The molecule has 0 saturated carbocycles. The molecule has 0 aromatic carbocycles. The fourth-order valence-corrected chi connectivity index (χ4v) is 3.30. The van der Waals surface area contributed by atoms with E-state index in [0.717, 1.165) is 23.9 Å². The molecular weight excluding hydrogens is 254 g/mol. The summed E-state index contributed by atoms with van der Waals surface area (Å²) in [7, 11) is 0. The van der Waals surface area contributed by atoms with Crippen molar-refractivity contribution in [3.63, 3.8) is 0 Å². The van der Waals surface area contributed by atoms with Crippen molar-refractivity contribution in [1.82, 2.24) is 4.90 Å². The molecule has 1 aromatic heterocycles. The van der Waals surface area contributed by atoms with Crippen LogP contribution in [0.25, 0.3) is 0 Å². The van der Waals surface area contributed by atoms with Crippen molar-refractivity contribution in [2.45, 2.75) is 32.7 Å². The number of hydrogen-bond acceptors (Lipinski definition) is 3. The van der Waals surface area contributed by atoms with Gasteiger partial charge in [0.15, 0.2) is 5.78 Å². The summed E-state index contributed by atoms with van der Waals surface area (Å²) in [5.41, 5.74) is 0. The normalized spacial score (nSPS) is 20.4. The van der Waals surface area contributed by atoms with E-state index < -0.39 is 0 Å². The summed E-state index contributed by atoms with van der Waals surface area (Å²) in [6, 6.07) is 3.61. The molecule has 0 spiro atoms. The number of carbonyl (C=O) groups excluding carboxylic acids is 1. The summed E-state index contributed by atoms with van der Waals surface area (Å²) in [4.78, 5) is 15.3. The maximum atomic E-state index is 12.2. The lowest BCUT2D eigenvalue weighted by atomic mass is 9.97. The number of piperidine rings is 1. The highest BCUT2D eigenvalue weighted by atomic mass is 35.5. The summed E-state index contributed by atoms with van der Waals surface area (Å²) < 4.78 is 0.688. The van der Waals surface area contributed by atoms with Gasteiger partial charge in [-0.25, -0.2) is 0 Å². The van der Waals surface area contributed by atoms with Crippen LogP contribution in [0.15, 0.2) is 12.1 Å². The fourth-order valence-electron chi connectivity index (χ4n) is 2.23. The summed E-state index contributed by atoms with van der Waals surface area (Å²) in [5, 5.41) is 0. The predicted octanol–water partition coefficient (Wildman–Crippen LogP) is 3.70. The first-order valence-corrected chi connectivity index (χ1v) is 7.31. The molecule has 4 heteroatoms. The van der Waals surface area contributed by atoms with Gasteiger partial charge in [0.25, 0.3) is 0 Å². The quantitative estimate of drug-likeness (QED) is 0.781. The van der Waals surface area contributed by atoms with Crippen molar-refractivity contribution < 1.29 is 4.79 Å². The molecule has 1 saturated heterocycles. The van der Waals surface area contributed by atoms with Gasteiger partial charge in [-0.3, -0.25) is 9.69 Å². The zero-order valence-corrected chi connectivity index (χ0v) is 11.9. The summed E-state index contributed by atoms with van der Waals surface area (Å²) in [6.07, 6.45) is 2.39. The van der Waals surface area contributed by atoms with E-state index in [2.05, 4.69) is 11.8 Å². The van der Waals surface area contributed by atoms with E-state index in [4.69, 9.17) is 11.6 Å². The molecule has 94 valence electrons. The van der Waals surface area contributed by atoms with Gasteiger partial charge in [-0.15, -0.1) is 11.3 Å². The predicted molar refractivity (Wildman–Crippen MR) is 73.1 cm³/mol. The second-order valence-corrected chi connectivity index (χ2v) is 6.58. The molecule has 0 radical (unpaired) electrons. The molecule has 1 fully saturated rings. The first-order valence-electron chi connectivity index (χ1n) is 6.11. The van der Waals surface area contributed by atoms with Crippen LogP contribution >= 0.6 is 22.9 Å².